The van der Waals surface area contributed by atoms with E-state index in [0.717, 1.165) is 60.1 Å². The van der Waals surface area contributed by atoms with Gasteiger partial charge in [0, 0.05) is 43.6 Å². The summed E-state index contributed by atoms with van der Waals surface area (Å²) >= 11 is 0. The highest BCUT2D eigenvalue weighted by atomic mass is 15.3. The monoisotopic (exact) mass is 424 g/mol. The summed E-state index contributed by atoms with van der Waals surface area (Å²) in [5, 5.41) is 8.96. The van der Waals surface area contributed by atoms with Crippen LogP contribution < -0.4 is 9.80 Å². The Morgan fingerprint density at radius 3 is 2.28 bits per heavy atom. The molecule has 0 bridgehead atoms. The van der Waals surface area contributed by atoms with Gasteiger partial charge in [-0.25, -0.2) is 9.97 Å². The highest BCUT2D eigenvalue weighted by molar-refractivity contribution is 5.80. The van der Waals surface area contributed by atoms with E-state index >= 15 is 0 Å². The molecule has 3 heterocycles. The van der Waals surface area contributed by atoms with Crippen molar-refractivity contribution in [1.29, 1.82) is 5.26 Å². The van der Waals surface area contributed by atoms with Crippen LogP contribution in [-0.2, 0) is 0 Å². The van der Waals surface area contributed by atoms with Crippen LogP contribution in [0.4, 0.5) is 11.5 Å². The quantitative estimate of drug-likeness (QED) is 0.492. The summed E-state index contributed by atoms with van der Waals surface area (Å²) in [7, 11) is 0. The lowest BCUT2D eigenvalue weighted by molar-refractivity contribution is 0.647. The molecule has 1 aliphatic rings. The number of aromatic nitrogens is 3. The largest absolute Gasteiger partial charge is 0.368 e. The molecule has 1 N–H and O–H groups in total. The normalized spacial score (nSPS) is 13.4. The van der Waals surface area contributed by atoms with Gasteiger partial charge in [-0.3, -0.25) is 0 Å². The summed E-state index contributed by atoms with van der Waals surface area (Å²) in [5.41, 5.74) is 6.08. The first-order valence-corrected chi connectivity index (χ1v) is 11.1. The van der Waals surface area contributed by atoms with Crippen LogP contribution in [0.5, 0.6) is 0 Å². The van der Waals surface area contributed by atoms with Gasteiger partial charge in [-0.15, -0.1) is 0 Å². The minimum atomic E-state index is 0.696. The summed E-state index contributed by atoms with van der Waals surface area (Å²) in [6.07, 6.45) is 1.90. The Morgan fingerprint density at radius 2 is 1.62 bits per heavy atom. The first kappa shape index (κ1) is 21.4. The second kappa shape index (κ2) is 9.52. The lowest BCUT2D eigenvalue weighted by atomic mass is 10.2. The van der Waals surface area contributed by atoms with Gasteiger partial charge in [0.05, 0.1) is 22.7 Å². The van der Waals surface area contributed by atoms with Crippen LogP contribution in [0.15, 0.2) is 60.8 Å². The molecule has 1 fully saturated rings. The molecule has 1 aliphatic heterocycles. The van der Waals surface area contributed by atoms with E-state index in [1.807, 2.05) is 50.4 Å². The van der Waals surface area contributed by atoms with Crippen molar-refractivity contribution in [2.45, 2.75) is 20.8 Å². The van der Waals surface area contributed by atoms with Gasteiger partial charge in [-0.2, -0.15) is 5.26 Å². The van der Waals surface area contributed by atoms with Gasteiger partial charge in [-0.05, 0) is 61.0 Å². The summed E-state index contributed by atoms with van der Waals surface area (Å²) in [5.74, 6) is 1.84. The topological polar surface area (TPSA) is 71.8 Å². The van der Waals surface area contributed by atoms with Crippen molar-refractivity contribution in [3.8, 4) is 17.5 Å². The maximum Gasteiger partial charge on any atom is 0.140 e. The van der Waals surface area contributed by atoms with Crippen molar-refractivity contribution in [3.05, 3.63) is 71.9 Å². The van der Waals surface area contributed by atoms with E-state index in [1.54, 1.807) is 0 Å². The van der Waals surface area contributed by atoms with Crippen molar-refractivity contribution in [2.24, 2.45) is 0 Å². The molecule has 6 nitrogen and oxygen atoms in total. The molecule has 2 aromatic carbocycles. The molecule has 2 aromatic heterocycles. The van der Waals surface area contributed by atoms with Crippen LogP contribution in [0.3, 0.4) is 0 Å². The van der Waals surface area contributed by atoms with E-state index in [4.69, 9.17) is 10.2 Å². The molecule has 0 amide bonds. The predicted molar refractivity (Wildman–Crippen MR) is 131 cm³/mol. The Bertz CT molecular complexity index is 1210. The van der Waals surface area contributed by atoms with Crippen LogP contribution in [-0.4, -0.2) is 41.1 Å². The van der Waals surface area contributed by atoms with Gasteiger partial charge in [0.2, 0.25) is 0 Å². The van der Waals surface area contributed by atoms with Crippen LogP contribution in [0.2, 0.25) is 0 Å². The van der Waals surface area contributed by atoms with Gasteiger partial charge < -0.3 is 14.8 Å². The Hall–Kier alpha value is -3.85. The molecule has 1 saturated heterocycles. The number of H-pyrrole nitrogens is 1. The van der Waals surface area contributed by atoms with E-state index in [-0.39, 0.29) is 0 Å². The number of aromatic amines is 1. The average molecular weight is 425 g/mol. The van der Waals surface area contributed by atoms with Crippen molar-refractivity contribution in [2.75, 3.05) is 36.0 Å². The minimum Gasteiger partial charge on any atom is -0.368 e. The minimum absolute atomic E-state index is 0.696. The summed E-state index contributed by atoms with van der Waals surface area (Å²) in [4.78, 5) is 17.4. The number of nitriles is 1. The number of fused-ring (bicyclic) bond motifs is 1. The second-order valence-corrected chi connectivity index (χ2v) is 7.64. The Kier molecular flexibility index (Phi) is 6.37. The zero-order valence-corrected chi connectivity index (χ0v) is 18.8. The number of nitrogens with zero attached hydrogens (tertiary/aromatic N) is 5. The molecule has 162 valence electrons. The maximum absolute atomic E-state index is 8.96. The lowest BCUT2D eigenvalue weighted by Gasteiger charge is -2.36. The number of rotatable bonds is 3. The molecule has 0 spiro atoms. The fourth-order valence-corrected chi connectivity index (χ4v) is 3.91. The molecule has 6 heteroatoms. The molecule has 5 rings (SSSR count). The molecule has 0 radical (unpaired) electrons. The number of benzene rings is 2. The zero-order valence-electron chi connectivity index (χ0n) is 18.8. The fraction of sp³-hybridized carbons (Fsp3) is 0.269. The first-order chi connectivity index (χ1) is 15.7. The number of anilines is 2. The summed E-state index contributed by atoms with van der Waals surface area (Å²) in [6.45, 7) is 9.76. The van der Waals surface area contributed by atoms with Crippen LogP contribution in [0.25, 0.3) is 22.4 Å². The van der Waals surface area contributed by atoms with E-state index in [1.165, 1.54) is 5.56 Å². The van der Waals surface area contributed by atoms with Gasteiger partial charge in [0.15, 0.2) is 0 Å². The molecule has 0 atom stereocenters. The van der Waals surface area contributed by atoms with Crippen LogP contribution >= 0.6 is 0 Å². The molecule has 4 aromatic rings. The highest BCUT2D eigenvalue weighted by Gasteiger charge is 2.18. The van der Waals surface area contributed by atoms with Crippen molar-refractivity contribution >= 4 is 22.5 Å². The standard InChI is InChI=1S/C24H22N6.C2H6/c1-17-2-8-21-22(14-17)28-24(27-21)19-5-9-23(26-16-19)30-12-10-29(11-13-30)20-6-3-18(15-25)4-7-20;1-2/h2-9,14,16H,10-13H2,1H3,(H,27,28);1-2H3. The van der Waals surface area contributed by atoms with Crippen molar-refractivity contribution < 1.29 is 0 Å². The van der Waals surface area contributed by atoms with Gasteiger partial charge in [0.1, 0.15) is 11.6 Å². The molecule has 32 heavy (non-hydrogen) atoms. The number of aryl methyl sites for hydroxylation is 1. The molecule has 0 aliphatic carbocycles. The van der Waals surface area contributed by atoms with E-state index < -0.39 is 0 Å². The number of piperazine rings is 1. The fourth-order valence-electron chi connectivity index (χ4n) is 3.91. The summed E-state index contributed by atoms with van der Waals surface area (Å²) < 4.78 is 0. The number of hydrogen-bond acceptors (Lipinski definition) is 5. The third kappa shape index (κ3) is 4.42. The number of hydrogen-bond donors (Lipinski definition) is 1. The third-order valence-corrected chi connectivity index (χ3v) is 5.62. The van der Waals surface area contributed by atoms with E-state index in [0.29, 0.717) is 5.56 Å². The number of pyridine rings is 1. The van der Waals surface area contributed by atoms with Crippen LogP contribution in [0.1, 0.15) is 25.0 Å². The first-order valence-electron chi connectivity index (χ1n) is 11.1. The predicted octanol–water partition coefficient (Wildman–Crippen LogP) is 5.16. The van der Waals surface area contributed by atoms with E-state index in [9.17, 15) is 0 Å². The molecule has 0 saturated carbocycles. The van der Waals surface area contributed by atoms with Gasteiger partial charge in [0.25, 0.3) is 0 Å². The second-order valence-electron chi connectivity index (χ2n) is 7.64. The zero-order chi connectivity index (χ0) is 22.5. The molecule has 0 unspecified atom stereocenters. The van der Waals surface area contributed by atoms with Crippen molar-refractivity contribution in [3.63, 3.8) is 0 Å². The lowest BCUT2D eigenvalue weighted by Crippen LogP contribution is -2.46. The van der Waals surface area contributed by atoms with Gasteiger partial charge in [-0.1, -0.05) is 19.9 Å². The van der Waals surface area contributed by atoms with Gasteiger partial charge >= 0.3 is 0 Å². The van der Waals surface area contributed by atoms with Crippen molar-refractivity contribution in [1.82, 2.24) is 15.0 Å². The summed E-state index contributed by atoms with van der Waals surface area (Å²) in [6, 6.07) is 20.4. The maximum atomic E-state index is 8.96. The SMILES string of the molecule is CC.Cc1ccc2nc(-c3ccc(N4CCN(c5ccc(C#N)cc5)CC4)nc3)[nH]c2c1. The Labute approximate surface area is 189 Å². The molecular formula is C26H28N6. The Balaban J connectivity index is 0.00000119. The Morgan fingerprint density at radius 1 is 0.906 bits per heavy atom. The highest BCUT2D eigenvalue weighted by Crippen LogP contribution is 2.24. The third-order valence-electron chi connectivity index (χ3n) is 5.62. The average Bonchev–Trinajstić information content (AvgIpc) is 3.29. The smallest absolute Gasteiger partial charge is 0.140 e. The van der Waals surface area contributed by atoms with Crippen LogP contribution in [0, 0.1) is 18.3 Å². The molecular weight excluding hydrogens is 396 g/mol. The number of imidazole rings is 1. The van der Waals surface area contributed by atoms with E-state index in [2.05, 4.69) is 57.0 Å². The number of nitrogens with one attached hydrogen (secondary N) is 1.